The molecule has 1 aliphatic heterocycles. The number of imidazole rings is 1. The highest BCUT2D eigenvalue weighted by Gasteiger charge is 2.29. The first-order valence-corrected chi connectivity index (χ1v) is 10.6. The highest BCUT2D eigenvalue weighted by molar-refractivity contribution is 5.83. The van der Waals surface area contributed by atoms with Gasteiger partial charge in [0, 0.05) is 31.9 Å². The van der Waals surface area contributed by atoms with Crippen molar-refractivity contribution in [3.05, 3.63) is 71.7 Å². The van der Waals surface area contributed by atoms with Gasteiger partial charge < -0.3 is 14.6 Å². The summed E-state index contributed by atoms with van der Waals surface area (Å²) in [6, 6.07) is 14.3. The minimum absolute atomic E-state index is 0.00351. The molecule has 1 saturated heterocycles. The summed E-state index contributed by atoms with van der Waals surface area (Å²) in [6.07, 6.45) is 6.87. The van der Waals surface area contributed by atoms with E-state index in [9.17, 15) is 9.59 Å². The number of nitrogens with one attached hydrogen (secondary N) is 1. The van der Waals surface area contributed by atoms with Gasteiger partial charge in [-0.3, -0.25) is 9.59 Å². The van der Waals surface area contributed by atoms with Gasteiger partial charge in [-0.05, 0) is 43.4 Å². The van der Waals surface area contributed by atoms with Crippen LogP contribution < -0.4 is 5.32 Å². The molecule has 3 heterocycles. The van der Waals surface area contributed by atoms with Crippen molar-refractivity contribution in [1.82, 2.24) is 19.6 Å². The first kappa shape index (κ1) is 20.1. The number of likely N-dealkylation sites (tertiary alicyclic amines) is 1. The van der Waals surface area contributed by atoms with Gasteiger partial charge in [0.15, 0.2) is 0 Å². The molecule has 0 spiro atoms. The van der Waals surface area contributed by atoms with E-state index < -0.39 is 0 Å². The van der Waals surface area contributed by atoms with Crippen LogP contribution in [-0.4, -0.2) is 39.2 Å². The van der Waals surface area contributed by atoms with Gasteiger partial charge in [-0.25, -0.2) is 4.98 Å². The lowest BCUT2D eigenvalue weighted by molar-refractivity contribution is -0.138. The van der Waals surface area contributed by atoms with Crippen molar-refractivity contribution >= 4 is 17.5 Å². The number of hydrogen-bond acceptors (Lipinski definition) is 3. The molecule has 6 nitrogen and oxygen atoms in total. The van der Waals surface area contributed by atoms with E-state index in [1.807, 2.05) is 58.9 Å². The molecule has 1 aliphatic rings. The lowest BCUT2D eigenvalue weighted by atomic mass is 9.96. The zero-order chi connectivity index (χ0) is 20.9. The van der Waals surface area contributed by atoms with Crippen molar-refractivity contribution in [1.29, 1.82) is 0 Å². The third kappa shape index (κ3) is 4.87. The topological polar surface area (TPSA) is 66.7 Å². The van der Waals surface area contributed by atoms with Gasteiger partial charge in [-0.1, -0.05) is 36.4 Å². The third-order valence-corrected chi connectivity index (χ3v) is 5.70. The summed E-state index contributed by atoms with van der Waals surface area (Å²) >= 11 is 0. The first-order chi connectivity index (χ1) is 14.6. The van der Waals surface area contributed by atoms with Gasteiger partial charge >= 0.3 is 0 Å². The largest absolute Gasteiger partial charge is 0.350 e. The van der Waals surface area contributed by atoms with E-state index in [2.05, 4.69) is 22.4 Å². The van der Waals surface area contributed by atoms with Gasteiger partial charge in [-0.15, -0.1) is 0 Å². The molecule has 0 radical (unpaired) electrons. The summed E-state index contributed by atoms with van der Waals surface area (Å²) in [7, 11) is 0. The Labute approximate surface area is 176 Å². The van der Waals surface area contributed by atoms with E-state index in [-0.39, 0.29) is 17.7 Å². The Hall–Kier alpha value is -3.15. The van der Waals surface area contributed by atoms with Crippen LogP contribution >= 0.6 is 0 Å². The number of amides is 2. The Morgan fingerprint density at radius 3 is 2.83 bits per heavy atom. The number of benzene rings is 1. The van der Waals surface area contributed by atoms with Crippen LogP contribution in [0.15, 0.2) is 54.9 Å². The molecule has 1 aromatic carbocycles. The van der Waals surface area contributed by atoms with Crippen LogP contribution in [-0.2, 0) is 22.6 Å². The Balaban J connectivity index is 1.28. The summed E-state index contributed by atoms with van der Waals surface area (Å²) in [4.78, 5) is 31.4. The molecule has 1 atom stereocenters. The lowest BCUT2D eigenvalue weighted by Crippen LogP contribution is -2.46. The van der Waals surface area contributed by atoms with Crippen LogP contribution in [0.5, 0.6) is 0 Å². The fraction of sp³-hybridized carbons (Fsp3) is 0.375. The van der Waals surface area contributed by atoms with Gasteiger partial charge in [0.25, 0.3) is 0 Å². The second-order valence-electron chi connectivity index (χ2n) is 8.09. The second kappa shape index (κ2) is 9.11. The second-order valence-corrected chi connectivity index (χ2v) is 8.09. The predicted octanol–water partition coefficient (Wildman–Crippen LogP) is 3.13. The quantitative estimate of drug-likeness (QED) is 0.658. The van der Waals surface area contributed by atoms with Crippen LogP contribution in [0.1, 0.15) is 36.1 Å². The molecule has 3 aromatic rings. The Morgan fingerprint density at radius 1 is 1.17 bits per heavy atom. The molecule has 2 amide bonds. The molecule has 1 N–H and O–H groups in total. The number of carbonyl (C=O) groups is 2. The van der Waals surface area contributed by atoms with Gasteiger partial charge in [-0.2, -0.15) is 0 Å². The average molecular weight is 405 g/mol. The lowest BCUT2D eigenvalue weighted by Gasteiger charge is -2.32. The van der Waals surface area contributed by atoms with Crippen LogP contribution in [0, 0.1) is 12.8 Å². The van der Waals surface area contributed by atoms with E-state index in [4.69, 9.17) is 0 Å². The van der Waals surface area contributed by atoms with Crippen molar-refractivity contribution in [3.63, 3.8) is 0 Å². The number of nitrogens with zero attached hydrogens (tertiary/aromatic N) is 3. The van der Waals surface area contributed by atoms with Crippen LogP contribution in [0.3, 0.4) is 0 Å². The molecular formula is C24H28N4O2. The van der Waals surface area contributed by atoms with Crippen molar-refractivity contribution in [2.75, 3.05) is 13.1 Å². The maximum Gasteiger partial charge on any atom is 0.225 e. The van der Waals surface area contributed by atoms with Crippen molar-refractivity contribution in [3.8, 4) is 0 Å². The molecular weight excluding hydrogens is 376 g/mol. The summed E-state index contributed by atoms with van der Waals surface area (Å²) in [5.41, 5.74) is 4.15. The van der Waals surface area contributed by atoms with E-state index in [0.717, 1.165) is 29.7 Å². The van der Waals surface area contributed by atoms with Crippen LogP contribution in [0.25, 0.3) is 5.65 Å². The number of aromatic nitrogens is 2. The third-order valence-electron chi connectivity index (χ3n) is 5.70. The monoisotopic (exact) mass is 404 g/mol. The van der Waals surface area contributed by atoms with Crippen LogP contribution in [0.4, 0.5) is 0 Å². The number of aryl methyl sites for hydroxylation is 2. The Bertz CT molecular complexity index is 1030. The standard InChI is InChI=1S/C24H28N4O2/c1-18-9-11-22-26-21(17-28(22)15-18)14-25-24(30)20-10-12-23(29)27(16-20)13-5-8-19-6-3-2-4-7-19/h2-4,6-7,9,11,15,17,20H,5,8,10,12-14,16H2,1H3,(H,25,30)/t20-/m0/s1. The predicted molar refractivity (Wildman–Crippen MR) is 116 cm³/mol. The zero-order valence-corrected chi connectivity index (χ0v) is 17.4. The summed E-state index contributed by atoms with van der Waals surface area (Å²) in [5.74, 6) is 0.00493. The molecule has 1 fully saturated rings. The molecule has 0 unspecified atom stereocenters. The molecule has 156 valence electrons. The van der Waals surface area contributed by atoms with Gasteiger partial charge in [0.1, 0.15) is 5.65 Å². The highest BCUT2D eigenvalue weighted by Crippen LogP contribution is 2.19. The molecule has 0 bridgehead atoms. The maximum atomic E-state index is 12.7. The zero-order valence-electron chi connectivity index (χ0n) is 17.4. The molecule has 2 aromatic heterocycles. The van der Waals surface area contributed by atoms with E-state index >= 15 is 0 Å². The molecule has 0 aliphatic carbocycles. The van der Waals surface area contributed by atoms with Crippen molar-refractivity contribution in [2.45, 2.75) is 39.2 Å². The SMILES string of the molecule is Cc1ccc2nc(CNC(=O)[C@H]3CCC(=O)N(CCCc4ccccc4)C3)cn2c1. The molecule has 0 saturated carbocycles. The minimum Gasteiger partial charge on any atom is -0.350 e. The molecule has 6 heteroatoms. The normalized spacial score (nSPS) is 16.8. The van der Waals surface area contributed by atoms with Gasteiger partial charge in [0.05, 0.1) is 18.2 Å². The van der Waals surface area contributed by atoms with Gasteiger partial charge in [0.2, 0.25) is 11.8 Å². The first-order valence-electron chi connectivity index (χ1n) is 10.6. The number of rotatable bonds is 7. The van der Waals surface area contributed by atoms with Crippen molar-refractivity contribution < 1.29 is 9.59 Å². The molecule has 4 rings (SSSR count). The summed E-state index contributed by atoms with van der Waals surface area (Å²) in [6.45, 7) is 3.64. The number of fused-ring (bicyclic) bond motifs is 1. The van der Waals surface area contributed by atoms with Crippen molar-refractivity contribution in [2.24, 2.45) is 5.92 Å². The minimum atomic E-state index is -0.154. The van der Waals surface area contributed by atoms with E-state index in [1.165, 1.54) is 5.56 Å². The summed E-state index contributed by atoms with van der Waals surface area (Å²) in [5, 5.41) is 3.01. The maximum absolute atomic E-state index is 12.7. The Kier molecular flexibility index (Phi) is 6.12. The summed E-state index contributed by atoms with van der Waals surface area (Å²) < 4.78 is 1.98. The van der Waals surface area contributed by atoms with E-state index in [1.54, 1.807) is 0 Å². The fourth-order valence-electron chi connectivity index (χ4n) is 4.03. The number of hydrogen-bond donors (Lipinski definition) is 1. The highest BCUT2D eigenvalue weighted by atomic mass is 16.2. The number of pyridine rings is 1. The number of carbonyl (C=O) groups excluding carboxylic acids is 2. The number of piperidine rings is 1. The van der Waals surface area contributed by atoms with E-state index in [0.29, 0.717) is 32.5 Å². The molecule has 30 heavy (non-hydrogen) atoms. The average Bonchev–Trinajstić information content (AvgIpc) is 3.16. The van der Waals surface area contributed by atoms with Crippen LogP contribution in [0.2, 0.25) is 0 Å². The smallest absolute Gasteiger partial charge is 0.225 e. The fourth-order valence-corrected chi connectivity index (χ4v) is 4.03. The Morgan fingerprint density at radius 2 is 2.00 bits per heavy atom.